The smallest absolute Gasteiger partial charge is 0.253 e. The zero-order valence-corrected chi connectivity index (χ0v) is 10.1. The van der Waals surface area contributed by atoms with Gasteiger partial charge in [0.25, 0.3) is 5.89 Å². The Hall–Kier alpha value is -1.97. The molecule has 0 saturated heterocycles. The van der Waals surface area contributed by atoms with Crippen LogP contribution in [0.1, 0.15) is 26.2 Å². The summed E-state index contributed by atoms with van der Waals surface area (Å²) in [4.78, 5) is 8.28. The van der Waals surface area contributed by atoms with Crippen molar-refractivity contribution in [2.24, 2.45) is 5.92 Å². The Balaban J connectivity index is 2.19. The van der Waals surface area contributed by atoms with Gasteiger partial charge in [-0.1, -0.05) is 25.6 Å². The third-order valence-corrected chi connectivity index (χ3v) is 2.32. The van der Waals surface area contributed by atoms with E-state index in [1.165, 1.54) is 0 Å². The molecule has 0 radical (unpaired) electrons. The van der Waals surface area contributed by atoms with Crippen LogP contribution in [-0.2, 0) is 0 Å². The van der Waals surface area contributed by atoms with E-state index in [4.69, 9.17) is 4.52 Å². The number of allylic oxidation sites excluding steroid dienone is 1. The molecule has 2 heterocycles. The van der Waals surface area contributed by atoms with Crippen LogP contribution >= 0.6 is 0 Å². The molecule has 0 aromatic carbocycles. The Kier molecular flexibility index (Phi) is 3.32. The molecule has 4 nitrogen and oxygen atoms in total. The molecular weight excluding hydrogens is 214 g/mol. The predicted octanol–water partition coefficient (Wildman–Crippen LogP) is 3.19. The minimum Gasteiger partial charge on any atom is -0.334 e. The highest BCUT2D eigenvalue weighted by Crippen LogP contribution is 2.22. The Morgan fingerprint density at radius 3 is 2.71 bits per heavy atom. The number of hydrogen-bond acceptors (Lipinski definition) is 4. The maximum atomic E-state index is 5.20. The third kappa shape index (κ3) is 2.78. The Morgan fingerprint density at radius 2 is 2.06 bits per heavy atom. The molecular formula is C13H15N3O. The summed E-state index contributed by atoms with van der Waals surface area (Å²) in [6.45, 7) is 8.22. The highest BCUT2D eigenvalue weighted by atomic mass is 16.5. The van der Waals surface area contributed by atoms with Gasteiger partial charge in [-0.3, -0.25) is 4.98 Å². The summed E-state index contributed by atoms with van der Waals surface area (Å²) in [5.74, 6) is 1.62. The van der Waals surface area contributed by atoms with Gasteiger partial charge in [-0.2, -0.15) is 4.98 Å². The lowest BCUT2D eigenvalue weighted by Crippen LogP contribution is -1.90. The van der Waals surface area contributed by atoms with Gasteiger partial charge in [0.1, 0.15) is 0 Å². The van der Waals surface area contributed by atoms with Crippen molar-refractivity contribution in [3.63, 3.8) is 0 Å². The summed E-state index contributed by atoms with van der Waals surface area (Å²) in [7, 11) is 0. The van der Waals surface area contributed by atoms with Crippen LogP contribution in [-0.4, -0.2) is 15.1 Å². The van der Waals surface area contributed by atoms with E-state index in [2.05, 4.69) is 35.6 Å². The molecule has 0 atom stereocenters. The van der Waals surface area contributed by atoms with Crippen LogP contribution in [0.3, 0.4) is 0 Å². The molecule has 88 valence electrons. The van der Waals surface area contributed by atoms with E-state index >= 15 is 0 Å². The average molecular weight is 229 g/mol. The maximum Gasteiger partial charge on any atom is 0.253 e. The number of hydrogen-bond donors (Lipinski definition) is 0. The highest BCUT2D eigenvalue weighted by molar-refractivity contribution is 5.59. The van der Waals surface area contributed by atoms with Crippen LogP contribution in [0.4, 0.5) is 0 Å². The molecule has 2 rings (SSSR count). The molecule has 0 spiro atoms. The van der Waals surface area contributed by atoms with Crippen molar-refractivity contribution in [2.75, 3.05) is 0 Å². The van der Waals surface area contributed by atoms with Crippen molar-refractivity contribution in [3.8, 4) is 11.4 Å². The summed E-state index contributed by atoms with van der Waals surface area (Å²) in [6.07, 6.45) is 4.26. The van der Waals surface area contributed by atoms with Crippen molar-refractivity contribution in [2.45, 2.75) is 20.3 Å². The quantitative estimate of drug-likeness (QED) is 0.807. The van der Waals surface area contributed by atoms with Gasteiger partial charge in [0, 0.05) is 23.5 Å². The molecule has 0 amide bonds. The van der Waals surface area contributed by atoms with Crippen molar-refractivity contribution in [1.82, 2.24) is 15.1 Å². The first kappa shape index (κ1) is 11.5. The fraction of sp³-hybridized carbons (Fsp3) is 0.308. The minimum atomic E-state index is 0.519. The van der Waals surface area contributed by atoms with Gasteiger partial charge in [-0.05, 0) is 24.5 Å². The first-order valence-corrected chi connectivity index (χ1v) is 5.59. The van der Waals surface area contributed by atoms with E-state index in [-0.39, 0.29) is 0 Å². The van der Waals surface area contributed by atoms with Crippen LogP contribution < -0.4 is 0 Å². The van der Waals surface area contributed by atoms with Gasteiger partial charge in [0.15, 0.2) is 0 Å². The standard InChI is InChI=1S/C13H15N3O/c1-9(2)8-10(3)13-15-12(16-17-13)11-4-6-14-7-5-11/h4-7,9H,3,8H2,1-2H3. The highest BCUT2D eigenvalue weighted by Gasteiger charge is 2.12. The number of nitrogens with zero attached hydrogens (tertiary/aromatic N) is 3. The number of aromatic nitrogens is 3. The zero-order valence-electron chi connectivity index (χ0n) is 10.1. The molecule has 0 fully saturated rings. The summed E-state index contributed by atoms with van der Waals surface area (Å²) < 4.78 is 5.20. The van der Waals surface area contributed by atoms with E-state index in [0.717, 1.165) is 17.6 Å². The van der Waals surface area contributed by atoms with Crippen LogP contribution in [0.2, 0.25) is 0 Å². The molecule has 2 aromatic rings. The van der Waals surface area contributed by atoms with Crippen molar-refractivity contribution in [3.05, 3.63) is 37.0 Å². The third-order valence-electron chi connectivity index (χ3n) is 2.32. The molecule has 0 N–H and O–H groups in total. The van der Waals surface area contributed by atoms with E-state index in [1.54, 1.807) is 12.4 Å². The van der Waals surface area contributed by atoms with Crippen LogP contribution in [0, 0.1) is 5.92 Å². The zero-order chi connectivity index (χ0) is 12.3. The van der Waals surface area contributed by atoms with Crippen LogP contribution in [0.25, 0.3) is 17.0 Å². The molecule has 0 aliphatic heterocycles. The van der Waals surface area contributed by atoms with Gasteiger partial charge in [-0.15, -0.1) is 0 Å². The molecule has 17 heavy (non-hydrogen) atoms. The normalized spacial score (nSPS) is 10.8. The molecule has 0 aliphatic rings. The molecule has 0 aliphatic carbocycles. The van der Waals surface area contributed by atoms with Crippen LogP contribution in [0.5, 0.6) is 0 Å². The van der Waals surface area contributed by atoms with Crippen molar-refractivity contribution < 1.29 is 4.52 Å². The summed E-state index contributed by atoms with van der Waals surface area (Å²) in [5, 5.41) is 3.94. The van der Waals surface area contributed by atoms with Crippen molar-refractivity contribution in [1.29, 1.82) is 0 Å². The second kappa shape index (κ2) is 4.91. The monoisotopic (exact) mass is 229 g/mol. The second-order valence-corrected chi connectivity index (χ2v) is 4.36. The van der Waals surface area contributed by atoms with Gasteiger partial charge in [-0.25, -0.2) is 0 Å². The van der Waals surface area contributed by atoms with E-state index in [1.807, 2.05) is 12.1 Å². The SMILES string of the molecule is C=C(CC(C)C)c1nc(-c2ccncc2)no1. The van der Waals surface area contributed by atoms with E-state index in [0.29, 0.717) is 17.6 Å². The number of pyridine rings is 1. The molecule has 4 heteroatoms. The first-order valence-electron chi connectivity index (χ1n) is 5.59. The lowest BCUT2D eigenvalue weighted by atomic mass is 10.0. The molecule has 0 saturated carbocycles. The fourth-order valence-electron chi connectivity index (χ4n) is 1.57. The molecule has 2 aromatic heterocycles. The Morgan fingerprint density at radius 1 is 1.35 bits per heavy atom. The lowest BCUT2D eigenvalue weighted by Gasteiger charge is -2.02. The summed E-state index contributed by atoms with van der Waals surface area (Å²) in [6, 6.07) is 3.69. The largest absolute Gasteiger partial charge is 0.334 e. The van der Waals surface area contributed by atoms with E-state index in [9.17, 15) is 0 Å². The summed E-state index contributed by atoms with van der Waals surface area (Å²) >= 11 is 0. The summed E-state index contributed by atoms with van der Waals surface area (Å²) in [5.41, 5.74) is 1.78. The maximum absolute atomic E-state index is 5.20. The topological polar surface area (TPSA) is 51.8 Å². The van der Waals surface area contributed by atoms with Gasteiger partial charge in [0.05, 0.1) is 0 Å². The van der Waals surface area contributed by atoms with Gasteiger partial charge < -0.3 is 4.52 Å². The number of rotatable bonds is 4. The molecule has 0 bridgehead atoms. The lowest BCUT2D eigenvalue weighted by molar-refractivity contribution is 0.405. The molecule has 0 unspecified atom stereocenters. The Labute approximate surface area is 100 Å². The van der Waals surface area contributed by atoms with Crippen LogP contribution in [0.15, 0.2) is 35.6 Å². The first-order chi connectivity index (χ1) is 8.16. The fourth-order valence-corrected chi connectivity index (χ4v) is 1.57. The van der Waals surface area contributed by atoms with Crippen molar-refractivity contribution >= 4 is 5.57 Å². The van der Waals surface area contributed by atoms with Gasteiger partial charge in [0.2, 0.25) is 5.82 Å². The minimum absolute atomic E-state index is 0.519. The van der Waals surface area contributed by atoms with E-state index < -0.39 is 0 Å². The average Bonchev–Trinajstić information content (AvgIpc) is 2.78. The Bertz CT molecular complexity index is 502. The second-order valence-electron chi connectivity index (χ2n) is 4.36. The van der Waals surface area contributed by atoms with Gasteiger partial charge >= 0.3 is 0 Å². The predicted molar refractivity (Wildman–Crippen MR) is 66.0 cm³/mol.